The molecular weight excluding hydrogens is 257 g/mol. The Hall–Kier alpha value is -0.850. The zero-order valence-corrected chi connectivity index (χ0v) is 8.93. The van der Waals surface area contributed by atoms with Gasteiger partial charge in [0, 0.05) is 10.0 Å². The monoisotopic (exact) mass is 265 g/mol. The Morgan fingerprint density at radius 2 is 2.29 bits per heavy atom. The Kier molecular flexibility index (Phi) is 3.68. The number of phenolic OH excluding ortho intramolecular Hbond substituents is 1. The van der Waals surface area contributed by atoms with Gasteiger partial charge in [-0.15, -0.1) is 0 Å². The van der Waals surface area contributed by atoms with Crippen molar-refractivity contribution in [3.05, 3.63) is 21.9 Å². The third kappa shape index (κ3) is 1.97. The molecule has 14 heavy (non-hydrogen) atoms. The number of halogens is 2. The van der Waals surface area contributed by atoms with Crippen LogP contribution in [0.5, 0.6) is 11.5 Å². The first kappa shape index (κ1) is 11.2. The van der Waals surface area contributed by atoms with Crippen LogP contribution in [0.4, 0.5) is 4.39 Å². The zero-order chi connectivity index (χ0) is 10.7. The fourth-order valence-electron chi connectivity index (χ4n) is 1.09. The number of nitrogens with one attached hydrogen (secondary N) is 1. The summed E-state index contributed by atoms with van der Waals surface area (Å²) < 4.78 is 18.2. The van der Waals surface area contributed by atoms with Crippen LogP contribution in [0.25, 0.3) is 0 Å². The molecule has 0 heterocycles. The van der Waals surface area contributed by atoms with E-state index in [4.69, 9.17) is 9.94 Å². The van der Waals surface area contributed by atoms with Gasteiger partial charge in [0.1, 0.15) is 0 Å². The summed E-state index contributed by atoms with van der Waals surface area (Å²) in [5.74, 6) is -1.35. The zero-order valence-electron chi connectivity index (χ0n) is 7.34. The Balaban J connectivity index is 3.31. The maximum absolute atomic E-state index is 13.0. The number of hydrogen-bond acceptors (Lipinski definition) is 4. The van der Waals surface area contributed by atoms with Gasteiger partial charge >= 0.3 is 0 Å². The molecule has 78 valence electrons. The van der Waals surface area contributed by atoms with Gasteiger partial charge in [0.05, 0.1) is 13.7 Å². The maximum Gasteiger partial charge on any atom is 0.194 e. The number of ether oxygens (including phenoxy) is 1. The summed E-state index contributed by atoms with van der Waals surface area (Å²) in [5.41, 5.74) is 2.34. The van der Waals surface area contributed by atoms with Gasteiger partial charge in [-0.1, -0.05) is 15.9 Å². The lowest BCUT2D eigenvalue weighted by atomic mass is 10.2. The van der Waals surface area contributed by atoms with E-state index >= 15 is 0 Å². The fourth-order valence-corrected chi connectivity index (χ4v) is 1.61. The summed E-state index contributed by atoms with van der Waals surface area (Å²) in [6.07, 6.45) is 0. The topological polar surface area (TPSA) is 61.7 Å². The SMILES string of the molecule is COc1c(O)c(F)cc(Br)c1CNO. The normalized spacial score (nSPS) is 10.3. The van der Waals surface area contributed by atoms with Gasteiger partial charge in [0.25, 0.3) is 0 Å². The molecule has 6 heteroatoms. The molecule has 0 amide bonds. The number of aromatic hydroxyl groups is 1. The van der Waals surface area contributed by atoms with Crippen molar-refractivity contribution in [1.29, 1.82) is 0 Å². The molecule has 0 radical (unpaired) electrons. The van der Waals surface area contributed by atoms with Gasteiger partial charge in [-0.05, 0) is 6.07 Å². The van der Waals surface area contributed by atoms with Crippen LogP contribution in [0, 0.1) is 5.82 Å². The highest BCUT2D eigenvalue weighted by Crippen LogP contribution is 2.37. The van der Waals surface area contributed by atoms with Crippen molar-refractivity contribution in [2.75, 3.05) is 7.11 Å². The quantitative estimate of drug-likeness (QED) is 0.730. The molecule has 0 atom stereocenters. The van der Waals surface area contributed by atoms with E-state index in [1.54, 1.807) is 0 Å². The molecule has 0 aliphatic carbocycles. The fraction of sp³-hybridized carbons (Fsp3) is 0.250. The van der Waals surface area contributed by atoms with Gasteiger partial charge in [0.2, 0.25) is 0 Å². The van der Waals surface area contributed by atoms with Gasteiger partial charge in [-0.25, -0.2) is 9.87 Å². The first-order chi connectivity index (χ1) is 6.61. The standard InChI is InChI=1S/C8H9BrFNO3/c1-14-8-4(3-11-13)5(9)2-6(10)7(8)12/h2,11-13H,3H2,1H3. The van der Waals surface area contributed by atoms with E-state index in [0.717, 1.165) is 6.07 Å². The smallest absolute Gasteiger partial charge is 0.194 e. The van der Waals surface area contributed by atoms with Crippen molar-refractivity contribution < 1.29 is 19.4 Å². The minimum absolute atomic E-state index is 0.00146. The Morgan fingerprint density at radius 3 is 2.79 bits per heavy atom. The highest BCUT2D eigenvalue weighted by atomic mass is 79.9. The first-order valence-electron chi connectivity index (χ1n) is 3.72. The summed E-state index contributed by atoms with van der Waals surface area (Å²) in [6, 6.07) is 1.10. The highest BCUT2D eigenvalue weighted by molar-refractivity contribution is 9.10. The number of phenols is 1. The predicted octanol–water partition coefficient (Wildman–Crippen LogP) is 1.78. The molecule has 1 aromatic carbocycles. The predicted molar refractivity (Wildman–Crippen MR) is 50.9 cm³/mol. The maximum atomic E-state index is 13.0. The molecule has 0 bridgehead atoms. The molecule has 4 nitrogen and oxygen atoms in total. The first-order valence-corrected chi connectivity index (χ1v) is 4.52. The van der Waals surface area contributed by atoms with E-state index in [9.17, 15) is 9.50 Å². The van der Waals surface area contributed by atoms with Crippen LogP contribution < -0.4 is 10.2 Å². The van der Waals surface area contributed by atoms with E-state index in [2.05, 4.69) is 15.9 Å². The second-order valence-electron chi connectivity index (χ2n) is 2.54. The number of hydroxylamine groups is 1. The molecule has 3 N–H and O–H groups in total. The van der Waals surface area contributed by atoms with Crippen molar-refractivity contribution >= 4 is 15.9 Å². The number of hydrogen-bond donors (Lipinski definition) is 3. The van der Waals surface area contributed by atoms with E-state index in [1.165, 1.54) is 7.11 Å². The van der Waals surface area contributed by atoms with Crippen LogP contribution in [-0.2, 0) is 6.54 Å². The molecule has 0 aliphatic rings. The molecule has 0 spiro atoms. The van der Waals surface area contributed by atoms with Crippen LogP contribution >= 0.6 is 15.9 Å². The Morgan fingerprint density at radius 1 is 1.64 bits per heavy atom. The van der Waals surface area contributed by atoms with Crippen LogP contribution in [0.2, 0.25) is 0 Å². The molecule has 0 aromatic heterocycles. The summed E-state index contributed by atoms with van der Waals surface area (Å²) in [4.78, 5) is 0. The van der Waals surface area contributed by atoms with E-state index in [-0.39, 0.29) is 12.3 Å². The average Bonchev–Trinajstić information content (AvgIpc) is 2.15. The van der Waals surface area contributed by atoms with Crippen LogP contribution in [0.15, 0.2) is 10.5 Å². The molecule has 0 saturated carbocycles. The minimum Gasteiger partial charge on any atom is -0.502 e. The van der Waals surface area contributed by atoms with E-state index in [1.807, 2.05) is 5.48 Å². The second-order valence-corrected chi connectivity index (χ2v) is 3.39. The molecule has 0 fully saturated rings. The van der Waals surface area contributed by atoms with Crippen molar-refractivity contribution in [1.82, 2.24) is 5.48 Å². The molecule has 0 aliphatic heterocycles. The lowest BCUT2D eigenvalue weighted by Crippen LogP contribution is -2.08. The number of benzene rings is 1. The average molecular weight is 266 g/mol. The van der Waals surface area contributed by atoms with Gasteiger partial charge in [-0.2, -0.15) is 0 Å². The summed E-state index contributed by atoms with van der Waals surface area (Å²) >= 11 is 3.09. The van der Waals surface area contributed by atoms with Crippen molar-refractivity contribution in [2.45, 2.75) is 6.54 Å². The van der Waals surface area contributed by atoms with Crippen LogP contribution in [0.3, 0.4) is 0 Å². The summed E-state index contributed by atoms with van der Waals surface area (Å²) in [7, 11) is 1.31. The second kappa shape index (κ2) is 4.59. The third-order valence-corrected chi connectivity index (χ3v) is 2.42. The minimum atomic E-state index is -0.782. The molecule has 1 aromatic rings. The highest BCUT2D eigenvalue weighted by Gasteiger charge is 2.16. The molecule has 0 saturated heterocycles. The summed E-state index contributed by atoms with van der Waals surface area (Å²) in [6.45, 7) is 0.0393. The van der Waals surface area contributed by atoms with Crippen LogP contribution in [0.1, 0.15) is 5.56 Å². The van der Waals surface area contributed by atoms with Crippen molar-refractivity contribution in [2.24, 2.45) is 0 Å². The van der Waals surface area contributed by atoms with E-state index in [0.29, 0.717) is 10.0 Å². The lowest BCUT2D eigenvalue weighted by molar-refractivity contribution is 0.159. The number of methoxy groups -OCH3 is 1. The lowest BCUT2D eigenvalue weighted by Gasteiger charge is -2.11. The van der Waals surface area contributed by atoms with Gasteiger partial charge < -0.3 is 15.1 Å². The molecule has 1 rings (SSSR count). The van der Waals surface area contributed by atoms with Crippen molar-refractivity contribution in [3.63, 3.8) is 0 Å². The van der Waals surface area contributed by atoms with Crippen molar-refractivity contribution in [3.8, 4) is 11.5 Å². The van der Waals surface area contributed by atoms with Gasteiger partial charge in [0.15, 0.2) is 17.3 Å². The largest absolute Gasteiger partial charge is 0.502 e. The Labute approximate surface area is 88.4 Å². The molecule has 0 unspecified atom stereocenters. The van der Waals surface area contributed by atoms with E-state index < -0.39 is 11.6 Å². The third-order valence-electron chi connectivity index (χ3n) is 1.72. The van der Waals surface area contributed by atoms with Crippen LogP contribution in [-0.4, -0.2) is 17.4 Å². The number of rotatable bonds is 3. The Bertz CT molecular complexity index is 346. The van der Waals surface area contributed by atoms with Gasteiger partial charge in [-0.3, -0.25) is 0 Å². The molecular formula is C8H9BrFNO3. The summed E-state index contributed by atoms with van der Waals surface area (Å²) in [5, 5.41) is 17.8.